The summed E-state index contributed by atoms with van der Waals surface area (Å²) in [6.45, 7) is 0. The minimum absolute atomic E-state index is 0.697. The Bertz CT molecular complexity index is 459. The van der Waals surface area contributed by atoms with Gasteiger partial charge in [-0.3, -0.25) is 0 Å². The Morgan fingerprint density at radius 1 is 1.50 bits per heavy atom. The van der Waals surface area contributed by atoms with Crippen molar-refractivity contribution < 1.29 is 0 Å². The van der Waals surface area contributed by atoms with E-state index in [2.05, 4.69) is 15.3 Å². The Hall–Kier alpha value is -0.780. The molecule has 0 unspecified atom stereocenters. The summed E-state index contributed by atoms with van der Waals surface area (Å²) in [5.74, 6) is 1.57. The Morgan fingerprint density at radius 2 is 2.38 bits per heavy atom. The van der Waals surface area contributed by atoms with Gasteiger partial charge in [-0.1, -0.05) is 23.4 Å². The molecule has 0 saturated carbocycles. The molecule has 0 aliphatic carbocycles. The lowest BCUT2D eigenvalue weighted by atomic mass is 10.3. The molecule has 0 bridgehead atoms. The van der Waals surface area contributed by atoms with Crippen molar-refractivity contribution in [2.24, 2.45) is 0 Å². The molecule has 0 saturated heterocycles. The van der Waals surface area contributed by atoms with E-state index in [1.165, 1.54) is 0 Å². The summed E-state index contributed by atoms with van der Waals surface area (Å²) in [4.78, 5) is 8.60. The topological polar surface area (TPSA) is 37.8 Å². The molecule has 16 heavy (non-hydrogen) atoms. The smallest absolute Gasteiger partial charge is 0.150 e. The maximum absolute atomic E-state index is 6.07. The number of rotatable bonds is 4. The fourth-order valence-corrected chi connectivity index (χ4v) is 2.98. The molecular weight excluding hydrogens is 262 g/mol. The van der Waals surface area contributed by atoms with E-state index in [0.29, 0.717) is 5.02 Å². The molecule has 0 amide bonds. The predicted molar refractivity (Wildman–Crippen MR) is 70.5 cm³/mol. The normalized spacial score (nSPS) is 10.4. The maximum Gasteiger partial charge on any atom is 0.150 e. The highest BCUT2D eigenvalue weighted by atomic mass is 35.5. The molecule has 0 aliphatic rings. The van der Waals surface area contributed by atoms with Crippen molar-refractivity contribution in [2.45, 2.75) is 10.1 Å². The number of nitrogens with one attached hydrogen (secondary N) is 1. The number of anilines is 1. The fraction of sp³-hybridized carbons (Fsp3) is 0.200. The molecular formula is C10H10ClN3S2. The Labute approximate surface area is 107 Å². The van der Waals surface area contributed by atoms with Crippen molar-refractivity contribution in [2.75, 3.05) is 12.4 Å². The standard InChI is InChI=1S/C10H10ClN3S2/c1-12-9-3-2-7(11)8(14-9)6-16-10-13-4-5-15-10/h2-5H,6H2,1H3,(H,12,14). The summed E-state index contributed by atoms with van der Waals surface area (Å²) in [6.07, 6.45) is 1.80. The summed E-state index contributed by atoms with van der Waals surface area (Å²) >= 11 is 9.34. The Kier molecular flexibility index (Phi) is 4.04. The van der Waals surface area contributed by atoms with Gasteiger partial charge < -0.3 is 5.32 Å². The fourth-order valence-electron chi connectivity index (χ4n) is 1.14. The van der Waals surface area contributed by atoms with Crippen molar-refractivity contribution in [3.05, 3.63) is 34.4 Å². The third-order valence-corrected chi connectivity index (χ3v) is 4.24. The first-order chi connectivity index (χ1) is 7.79. The second-order valence-electron chi connectivity index (χ2n) is 2.96. The lowest BCUT2D eigenvalue weighted by molar-refractivity contribution is 1.16. The molecule has 0 atom stereocenters. The van der Waals surface area contributed by atoms with Crippen LogP contribution in [0, 0.1) is 0 Å². The molecule has 3 nitrogen and oxygen atoms in total. The van der Waals surface area contributed by atoms with Gasteiger partial charge in [0.15, 0.2) is 0 Å². The van der Waals surface area contributed by atoms with Crippen LogP contribution in [0.4, 0.5) is 5.82 Å². The highest BCUT2D eigenvalue weighted by Gasteiger charge is 2.05. The number of halogens is 1. The summed E-state index contributed by atoms with van der Waals surface area (Å²) in [6, 6.07) is 3.72. The van der Waals surface area contributed by atoms with Gasteiger partial charge in [-0.15, -0.1) is 11.3 Å². The van der Waals surface area contributed by atoms with Crippen LogP contribution in [-0.2, 0) is 5.75 Å². The molecule has 84 valence electrons. The van der Waals surface area contributed by atoms with E-state index in [-0.39, 0.29) is 0 Å². The SMILES string of the molecule is CNc1ccc(Cl)c(CSc2nccs2)n1. The van der Waals surface area contributed by atoms with Crippen LogP contribution in [0.5, 0.6) is 0 Å². The minimum Gasteiger partial charge on any atom is -0.373 e. The van der Waals surface area contributed by atoms with Crippen LogP contribution in [0.25, 0.3) is 0 Å². The van der Waals surface area contributed by atoms with Gasteiger partial charge in [0.25, 0.3) is 0 Å². The van der Waals surface area contributed by atoms with Gasteiger partial charge in [0, 0.05) is 24.4 Å². The number of pyridine rings is 1. The molecule has 2 aromatic heterocycles. The highest BCUT2D eigenvalue weighted by Crippen LogP contribution is 2.27. The zero-order valence-electron chi connectivity index (χ0n) is 8.61. The first-order valence-electron chi connectivity index (χ1n) is 4.65. The Balaban J connectivity index is 2.08. The summed E-state index contributed by atoms with van der Waals surface area (Å²) in [5.41, 5.74) is 0.883. The number of hydrogen-bond donors (Lipinski definition) is 1. The number of thioether (sulfide) groups is 1. The maximum atomic E-state index is 6.07. The van der Waals surface area contributed by atoms with Crippen LogP contribution in [0.2, 0.25) is 5.02 Å². The van der Waals surface area contributed by atoms with Gasteiger partial charge in [-0.2, -0.15) is 0 Å². The zero-order valence-corrected chi connectivity index (χ0v) is 11.0. The van der Waals surface area contributed by atoms with Crippen molar-refractivity contribution in [1.29, 1.82) is 0 Å². The van der Waals surface area contributed by atoms with Crippen LogP contribution in [0.1, 0.15) is 5.69 Å². The first kappa shape index (κ1) is 11.7. The molecule has 2 rings (SSSR count). The number of aromatic nitrogens is 2. The van der Waals surface area contributed by atoms with Gasteiger partial charge in [0.1, 0.15) is 10.2 Å². The van der Waals surface area contributed by atoms with E-state index in [9.17, 15) is 0 Å². The number of thiazole rings is 1. The molecule has 0 spiro atoms. The van der Waals surface area contributed by atoms with E-state index >= 15 is 0 Å². The predicted octanol–water partition coefficient (Wildman–Crippen LogP) is 3.53. The van der Waals surface area contributed by atoms with Crippen molar-refractivity contribution in [3.8, 4) is 0 Å². The van der Waals surface area contributed by atoms with E-state index < -0.39 is 0 Å². The molecule has 2 heterocycles. The van der Waals surface area contributed by atoms with E-state index in [4.69, 9.17) is 11.6 Å². The van der Waals surface area contributed by atoms with Crippen molar-refractivity contribution in [1.82, 2.24) is 9.97 Å². The van der Waals surface area contributed by atoms with Gasteiger partial charge in [0.05, 0.1) is 10.7 Å². The van der Waals surface area contributed by atoms with E-state index in [1.54, 1.807) is 29.3 Å². The van der Waals surface area contributed by atoms with Gasteiger partial charge in [-0.25, -0.2) is 9.97 Å². The second-order valence-corrected chi connectivity index (χ2v) is 5.49. The first-order valence-corrected chi connectivity index (χ1v) is 6.89. The van der Waals surface area contributed by atoms with Gasteiger partial charge in [0.2, 0.25) is 0 Å². The van der Waals surface area contributed by atoms with Crippen LogP contribution in [-0.4, -0.2) is 17.0 Å². The average Bonchev–Trinajstić information content (AvgIpc) is 2.81. The van der Waals surface area contributed by atoms with Crippen LogP contribution in [0.3, 0.4) is 0 Å². The van der Waals surface area contributed by atoms with E-state index in [0.717, 1.165) is 21.6 Å². The monoisotopic (exact) mass is 271 g/mol. The van der Waals surface area contributed by atoms with Crippen LogP contribution in [0.15, 0.2) is 28.0 Å². The third-order valence-electron chi connectivity index (χ3n) is 1.92. The largest absolute Gasteiger partial charge is 0.373 e. The number of hydrogen-bond acceptors (Lipinski definition) is 5. The second kappa shape index (κ2) is 5.52. The van der Waals surface area contributed by atoms with Gasteiger partial charge in [-0.05, 0) is 12.1 Å². The molecule has 0 fully saturated rings. The highest BCUT2D eigenvalue weighted by molar-refractivity contribution is 8.00. The van der Waals surface area contributed by atoms with Crippen molar-refractivity contribution in [3.63, 3.8) is 0 Å². The minimum atomic E-state index is 0.697. The average molecular weight is 272 g/mol. The summed E-state index contributed by atoms with van der Waals surface area (Å²) < 4.78 is 1.03. The molecule has 0 aromatic carbocycles. The summed E-state index contributed by atoms with van der Waals surface area (Å²) in [5, 5.41) is 5.65. The van der Waals surface area contributed by atoms with E-state index in [1.807, 2.05) is 24.6 Å². The van der Waals surface area contributed by atoms with Crippen molar-refractivity contribution >= 4 is 40.5 Å². The quantitative estimate of drug-likeness (QED) is 0.864. The summed E-state index contributed by atoms with van der Waals surface area (Å²) in [7, 11) is 1.84. The van der Waals surface area contributed by atoms with Crippen LogP contribution >= 0.6 is 34.7 Å². The molecule has 2 aromatic rings. The molecule has 0 radical (unpaired) electrons. The van der Waals surface area contributed by atoms with Gasteiger partial charge >= 0.3 is 0 Å². The lowest BCUT2D eigenvalue weighted by Gasteiger charge is -2.05. The lowest BCUT2D eigenvalue weighted by Crippen LogP contribution is -1.96. The zero-order chi connectivity index (χ0) is 11.4. The third kappa shape index (κ3) is 2.87. The molecule has 1 N–H and O–H groups in total. The molecule has 6 heteroatoms. The van der Waals surface area contributed by atoms with Crippen LogP contribution < -0.4 is 5.32 Å². The Morgan fingerprint density at radius 3 is 3.06 bits per heavy atom. The molecule has 0 aliphatic heterocycles. The number of nitrogens with zero attached hydrogens (tertiary/aromatic N) is 2.